The predicted molar refractivity (Wildman–Crippen MR) is 203 cm³/mol. The molecule has 5 heteroatoms. The highest BCUT2D eigenvalue weighted by Gasteiger charge is 2.19. The van der Waals surface area contributed by atoms with E-state index in [9.17, 15) is 0 Å². The van der Waals surface area contributed by atoms with E-state index in [4.69, 9.17) is 19.4 Å². The summed E-state index contributed by atoms with van der Waals surface area (Å²) in [5.41, 5.74) is 10.1. The first-order chi connectivity index (χ1) is 24.8. The minimum atomic E-state index is 0.565. The lowest BCUT2D eigenvalue weighted by Gasteiger charge is -2.11. The molecule has 0 unspecified atom stereocenters. The Balaban J connectivity index is 1.19. The molecule has 10 aromatic rings. The molecule has 0 fully saturated rings. The number of hydrogen-bond acceptors (Lipinski definition) is 4. The molecule has 0 aliphatic rings. The molecule has 3 heterocycles. The predicted octanol–water partition coefficient (Wildman–Crippen LogP) is 11.5. The molecular formula is C45H28N4O. The van der Waals surface area contributed by atoms with Crippen molar-refractivity contribution in [3.8, 4) is 51.0 Å². The Kier molecular flexibility index (Phi) is 6.42. The van der Waals surface area contributed by atoms with Gasteiger partial charge in [-0.15, -0.1) is 0 Å². The van der Waals surface area contributed by atoms with Gasteiger partial charge in [-0.3, -0.25) is 4.57 Å². The summed E-state index contributed by atoms with van der Waals surface area (Å²) >= 11 is 0. The molecule has 0 amide bonds. The third-order valence-corrected chi connectivity index (χ3v) is 9.47. The smallest absolute Gasteiger partial charge is 0.238 e. The number of hydrogen-bond donors (Lipinski definition) is 0. The third-order valence-electron chi connectivity index (χ3n) is 9.47. The van der Waals surface area contributed by atoms with Crippen molar-refractivity contribution in [3.63, 3.8) is 0 Å². The van der Waals surface area contributed by atoms with E-state index >= 15 is 0 Å². The van der Waals surface area contributed by atoms with Crippen molar-refractivity contribution < 1.29 is 4.42 Å². The van der Waals surface area contributed by atoms with Crippen molar-refractivity contribution in [3.05, 3.63) is 170 Å². The number of aromatic nitrogens is 4. The van der Waals surface area contributed by atoms with Crippen LogP contribution in [0.4, 0.5) is 0 Å². The molecule has 5 nitrogen and oxygen atoms in total. The normalized spacial score (nSPS) is 11.6. The lowest BCUT2D eigenvalue weighted by Crippen LogP contribution is -2.06. The molecule has 0 atom stereocenters. The maximum Gasteiger partial charge on any atom is 0.238 e. The van der Waals surface area contributed by atoms with Crippen LogP contribution in [-0.2, 0) is 0 Å². The topological polar surface area (TPSA) is 56.7 Å². The summed E-state index contributed by atoms with van der Waals surface area (Å²) < 4.78 is 8.54. The molecule has 0 spiro atoms. The van der Waals surface area contributed by atoms with Crippen LogP contribution in [0.2, 0.25) is 0 Å². The van der Waals surface area contributed by atoms with Crippen LogP contribution in [-0.4, -0.2) is 19.5 Å². The fourth-order valence-electron chi connectivity index (χ4n) is 7.03. The van der Waals surface area contributed by atoms with Crippen molar-refractivity contribution in [2.24, 2.45) is 0 Å². The monoisotopic (exact) mass is 640 g/mol. The highest BCUT2D eigenvalue weighted by atomic mass is 16.3. The molecular weight excluding hydrogens is 613 g/mol. The second-order valence-corrected chi connectivity index (χ2v) is 12.5. The summed E-state index contributed by atoms with van der Waals surface area (Å²) in [6, 6.07) is 58.6. The first-order valence-electron chi connectivity index (χ1n) is 16.7. The first-order valence-corrected chi connectivity index (χ1v) is 16.7. The van der Waals surface area contributed by atoms with Crippen LogP contribution >= 0.6 is 0 Å². The lowest BCUT2D eigenvalue weighted by atomic mass is 10.0. The Hall–Kier alpha value is -6.85. The molecule has 10 rings (SSSR count). The lowest BCUT2D eigenvalue weighted by molar-refractivity contribution is 0.669. The zero-order valence-corrected chi connectivity index (χ0v) is 26.9. The maximum absolute atomic E-state index is 6.37. The van der Waals surface area contributed by atoms with E-state index < -0.39 is 0 Å². The van der Waals surface area contributed by atoms with Gasteiger partial charge in [-0.25, -0.2) is 4.98 Å². The second-order valence-electron chi connectivity index (χ2n) is 12.5. The summed E-state index contributed by atoms with van der Waals surface area (Å²) in [4.78, 5) is 15.4. The van der Waals surface area contributed by atoms with Crippen LogP contribution in [0, 0.1) is 0 Å². The third kappa shape index (κ3) is 4.67. The molecule has 0 saturated carbocycles. The number of fused-ring (bicyclic) bond motifs is 6. The van der Waals surface area contributed by atoms with E-state index in [0.29, 0.717) is 17.6 Å². The Labute approximate surface area is 287 Å². The number of nitrogens with zero attached hydrogens (tertiary/aromatic N) is 4. The van der Waals surface area contributed by atoms with E-state index in [1.165, 1.54) is 0 Å². The van der Waals surface area contributed by atoms with Crippen LogP contribution in [0.3, 0.4) is 0 Å². The van der Waals surface area contributed by atoms with E-state index in [1.807, 2.05) is 54.6 Å². The number of para-hydroxylation sites is 1. The van der Waals surface area contributed by atoms with Crippen molar-refractivity contribution in [2.75, 3.05) is 0 Å². The van der Waals surface area contributed by atoms with Crippen molar-refractivity contribution >= 4 is 43.7 Å². The summed E-state index contributed by atoms with van der Waals surface area (Å²) in [5, 5.41) is 4.36. The van der Waals surface area contributed by atoms with E-state index in [-0.39, 0.29) is 0 Å². The SMILES string of the molecule is c1ccc(-c2ccc3c(c2)oc2ccc(-c4nc(-c5ccccc5)nc(-n5c6ccccc6c6ccc(-c7ccccc7)cc65)n4)cc23)cc1. The van der Waals surface area contributed by atoms with Gasteiger partial charge in [0, 0.05) is 32.7 Å². The Morgan fingerprint density at radius 2 is 0.900 bits per heavy atom. The van der Waals surface area contributed by atoms with Gasteiger partial charge in [0.2, 0.25) is 5.95 Å². The minimum absolute atomic E-state index is 0.565. The molecule has 3 aromatic heterocycles. The van der Waals surface area contributed by atoms with Gasteiger partial charge in [-0.2, -0.15) is 9.97 Å². The molecule has 0 N–H and O–H groups in total. The summed E-state index contributed by atoms with van der Waals surface area (Å²) in [5.74, 6) is 1.77. The molecule has 0 aliphatic carbocycles. The largest absolute Gasteiger partial charge is 0.456 e. The highest BCUT2D eigenvalue weighted by Crippen LogP contribution is 2.37. The minimum Gasteiger partial charge on any atom is -0.456 e. The average molecular weight is 641 g/mol. The summed E-state index contributed by atoms with van der Waals surface area (Å²) in [6.45, 7) is 0. The van der Waals surface area contributed by atoms with Gasteiger partial charge in [-0.05, 0) is 64.7 Å². The standard InChI is InChI=1S/C45H28N4O/c1-4-12-29(13-5-1)32-20-23-36-35-18-10-11-19-39(35)49(40(36)27-32)45-47-43(31-16-8-3-9-17-31)46-44(48-45)34-22-25-41-38(26-34)37-24-21-33(28-42(37)50-41)30-14-6-2-7-15-30/h1-28H. The fourth-order valence-corrected chi connectivity index (χ4v) is 7.03. The number of rotatable bonds is 5. The van der Waals surface area contributed by atoms with Crippen LogP contribution < -0.4 is 0 Å². The molecule has 0 bridgehead atoms. The van der Waals surface area contributed by atoms with Crippen molar-refractivity contribution in [1.82, 2.24) is 19.5 Å². The highest BCUT2D eigenvalue weighted by molar-refractivity contribution is 6.10. The van der Waals surface area contributed by atoms with Gasteiger partial charge in [-0.1, -0.05) is 127 Å². The Morgan fingerprint density at radius 3 is 1.62 bits per heavy atom. The van der Waals surface area contributed by atoms with Gasteiger partial charge in [0.05, 0.1) is 11.0 Å². The Bertz CT molecular complexity index is 2860. The first kappa shape index (κ1) is 28.2. The Morgan fingerprint density at radius 1 is 0.340 bits per heavy atom. The van der Waals surface area contributed by atoms with E-state index in [1.54, 1.807) is 0 Å². The van der Waals surface area contributed by atoms with Crippen molar-refractivity contribution in [1.29, 1.82) is 0 Å². The maximum atomic E-state index is 6.37. The average Bonchev–Trinajstić information content (AvgIpc) is 3.73. The fraction of sp³-hybridized carbons (Fsp3) is 0. The quantitative estimate of drug-likeness (QED) is 0.188. The second kappa shape index (κ2) is 11.4. The van der Waals surface area contributed by atoms with Crippen molar-refractivity contribution in [2.45, 2.75) is 0 Å². The van der Waals surface area contributed by atoms with Crippen LogP contribution in [0.5, 0.6) is 0 Å². The van der Waals surface area contributed by atoms with Gasteiger partial charge >= 0.3 is 0 Å². The molecule has 0 radical (unpaired) electrons. The van der Waals surface area contributed by atoms with E-state index in [0.717, 1.165) is 77.1 Å². The zero-order chi connectivity index (χ0) is 33.0. The van der Waals surface area contributed by atoms with Crippen LogP contribution in [0.25, 0.3) is 94.7 Å². The van der Waals surface area contributed by atoms with Gasteiger partial charge in [0.15, 0.2) is 11.6 Å². The number of furan rings is 1. The molecule has 234 valence electrons. The van der Waals surface area contributed by atoms with E-state index in [2.05, 4.69) is 120 Å². The van der Waals surface area contributed by atoms with Gasteiger partial charge in [0.25, 0.3) is 0 Å². The van der Waals surface area contributed by atoms with Gasteiger partial charge in [0.1, 0.15) is 11.2 Å². The zero-order valence-electron chi connectivity index (χ0n) is 26.9. The molecule has 0 saturated heterocycles. The molecule has 7 aromatic carbocycles. The molecule has 50 heavy (non-hydrogen) atoms. The van der Waals surface area contributed by atoms with Crippen LogP contribution in [0.1, 0.15) is 0 Å². The number of benzene rings is 7. The summed E-state index contributed by atoms with van der Waals surface area (Å²) in [6.07, 6.45) is 0. The summed E-state index contributed by atoms with van der Waals surface area (Å²) in [7, 11) is 0. The van der Waals surface area contributed by atoms with Crippen LogP contribution in [0.15, 0.2) is 174 Å². The molecule has 0 aliphatic heterocycles. The van der Waals surface area contributed by atoms with Gasteiger partial charge < -0.3 is 4.42 Å².